The van der Waals surface area contributed by atoms with Gasteiger partial charge in [-0.2, -0.15) is 0 Å². The Morgan fingerprint density at radius 3 is 2.45 bits per heavy atom. The third-order valence-electron chi connectivity index (χ3n) is 3.37. The molecule has 0 aliphatic rings. The van der Waals surface area contributed by atoms with Gasteiger partial charge in [0.05, 0.1) is 6.61 Å². The fourth-order valence-electron chi connectivity index (χ4n) is 1.87. The van der Waals surface area contributed by atoms with Crippen molar-refractivity contribution in [2.45, 2.75) is 52.1 Å². The standard InChI is InChI=1S/C16H24FNO2.H2/c1-5-16(3,4)18-14(15(19)20-6-2)11-12-7-9-13(17)10-8-12;/h7-10,14,18H,5-6,11H2,1-4H3;1H/t14-;/m0./s1. The molecule has 114 valence electrons. The van der Waals surface area contributed by atoms with Gasteiger partial charge in [0.25, 0.3) is 0 Å². The van der Waals surface area contributed by atoms with Crippen molar-refractivity contribution >= 4 is 5.97 Å². The van der Waals surface area contributed by atoms with Crippen LogP contribution in [-0.2, 0) is 16.0 Å². The van der Waals surface area contributed by atoms with Crippen molar-refractivity contribution in [3.05, 3.63) is 35.6 Å². The van der Waals surface area contributed by atoms with Crippen molar-refractivity contribution in [1.82, 2.24) is 5.32 Å². The van der Waals surface area contributed by atoms with Crippen LogP contribution in [0, 0.1) is 5.82 Å². The molecule has 20 heavy (non-hydrogen) atoms. The van der Waals surface area contributed by atoms with E-state index in [1.54, 1.807) is 19.1 Å². The van der Waals surface area contributed by atoms with Crippen LogP contribution in [0.15, 0.2) is 24.3 Å². The van der Waals surface area contributed by atoms with Gasteiger partial charge in [0.15, 0.2) is 0 Å². The second-order valence-electron chi connectivity index (χ2n) is 5.52. The summed E-state index contributed by atoms with van der Waals surface area (Å²) in [6.07, 6.45) is 1.38. The molecule has 0 bridgehead atoms. The summed E-state index contributed by atoms with van der Waals surface area (Å²) >= 11 is 0. The van der Waals surface area contributed by atoms with Gasteiger partial charge in [-0.1, -0.05) is 19.1 Å². The highest BCUT2D eigenvalue weighted by atomic mass is 19.1. The highest BCUT2D eigenvalue weighted by Gasteiger charge is 2.26. The average molecular weight is 283 g/mol. The molecule has 0 aromatic heterocycles. The first kappa shape index (κ1) is 16.6. The SMILES string of the molecule is CCOC(=O)[C@H](Cc1ccc(F)cc1)NC(C)(C)CC.[HH]. The van der Waals surface area contributed by atoms with Crippen molar-refractivity contribution in [3.8, 4) is 0 Å². The first-order valence-electron chi connectivity index (χ1n) is 7.06. The lowest BCUT2D eigenvalue weighted by molar-refractivity contribution is -0.146. The lowest BCUT2D eigenvalue weighted by atomic mass is 9.97. The van der Waals surface area contributed by atoms with Gasteiger partial charge < -0.3 is 4.74 Å². The average Bonchev–Trinajstić information content (AvgIpc) is 2.40. The zero-order valence-corrected chi connectivity index (χ0v) is 12.7. The van der Waals surface area contributed by atoms with E-state index < -0.39 is 6.04 Å². The number of hydrogen-bond donors (Lipinski definition) is 1. The summed E-state index contributed by atoms with van der Waals surface area (Å²) in [6, 6.07) is 5.78. The maximum Gasteiger partial charge on any atom is 0.323 e. The van der Waals surface area contributed by atoms with Crippen LogP contribution in [0.2, 0.25) is 0 Å². The van der Waals surface area contributed by atoms with Crippen LogP contribution in [0.5, 0.6) is 0 Å². The first-order valence-corrected chi connectivity index (χ1v) is 7.06. The Kier molecular flexibility index (Phi) is 6.14. The second kappa shape index (κ2) is 7.39. The Hall–Kier alpha value is -1.42. The van der Waals surface area contributed by atoms with E-state index >= 15 is 0 Å². The molecule has 3 nitrogen and oxygen atoms in total. The normalized spacial score (nSPS) is 13.1. The molecule has 0 heterocycles. The molecule has 1 aromatic rings. The smallest absolute Gasteiger partial charge is 0.323 e. The monoisotopic (exact) mass is 283 g/mol. The van der Waals surface area contributed by atoms with Gasteiger partial charge in [-0.3, -0.25) is 10.1 Å². The van der Waals surface area contributed by atoms with Gasteiger partial charge in [-0.15, -0.1) is 0 Å². The van der Waals surface area contributed by atoms with Crippen LogP contribution in [0.25, 0.3) is 0 Å². The van der Waals surface area contributed by atoms with E-state index in [2.05, 4.69) is 12.2 Å². The largest absolute Gasteiger partial charge is 0.465 e. The summed E-state index contributed by atoms with van der Waals surface area (Å²) in [5.41, 5.74) is 0.751. The lowest BCUT2D eigenvalue weighted by Crippen LogP contribution is -2.50. The second-order valence-corrected chi connectivity index (χ2v) is 5.52. The van der Waals surface area contributed by atoms with Crippen molar-refractivity contribution in [1.29, 1.82) is 0 Å². The van der Waals surface area contributed by atoms with Crippen LogP contribution >= 0.6 is 0 Å². The minimum absolute atomic E-state index is 0. The van der Waals surface area contributed by atoms with Gasteiger partial charge in [0.1, 0.15) is 11.9 Å². The molecule has 1 aromatic carbocycles. The summed E-state index contributed by atoms with van der Waals surface area (Å²) in [4.78, 5) is 12.0. The maximum atomic E-state index is 12.9. The van der Waals surface area contributed by atoms with Gasteiger partial charge in [0.2, 0.25) is 0 Å². The van der Waals surface area contributed by atoms with Gasteiger partial charge in [-0.05, 0) is 51.3 Å². The Morgan fingerprint density at radius 2 is 1.95 bits per heavy atom. The van der Waals surface area contributed by atoms with E-state index in [1.807, 2.05) is 13.8 Å². The van der Waals surface area contributed by atoms with Crippen molar-refractivity contribution in [2.75, 3.05) is 6.61 Å². The number of esters is 1. The highest BCUT2D eigenvalue weighted by Crippen LogP contribution is 2.13. The number of benzene rings is 1. The molecule has 0 aliphatic heterocycles. The minimum Gasteiger partial charge on any atom is -0.465 e. The fourth-order valence-corrected chi connectivity index (χ4v) is 1.87. The van der Waals surface area contributed by atoms with Crippen LogP contribution in [0.1, 0.15) is 41.1 Å². The first-order chi connectivity index (χ1) is 9.38. The molecule has 0 spiro atoms. The topological polar surface area (TPSA) is 38.3 Å². The summed E-state index contributed by atoms with van der Waals surface area (Å²) in [5.74, 6) is -0.540. The molecule has 0 unspecified atom stereocenters. The lowest BCUT2D eigenvalue weighted by Gasteiger charge is -2.30. The Balaban J connectivity index is 0.00000400. The van der Waals surface area contributed by atoms with Crippen LogP contribution < -0.4 is 5.32 Å². The Labute approximate surface area is 122 Å². The van der Waals surface area contributed by atoms with Crippen molar-refractivity contribution in [3.63, 3.8) is 0 Å². The molecule has 4 heteroatoms. The molecule has 0 fully saturated rings. The molecule has 0 aliphatic carbocycles. The predicted octanol–water partition coefficient (Wildman–Crippen LogP) is 3.32. The molecule has 1 N–H and O–H groups in total. The number of halogens is 1. The van der Waals surface area contributed by atoms with Gasteiger partial charge in [-0.25, -0.2) is 4.39 Å². The zero-order chi connectivity index (χ0) is 15.2. The summed E-state index contributed by atoms with van der Waals surface area (Å²) in [6.45, 7) is 8.30. The molecule has 0 saturated heterocycles. The quantitative estimate of drug-likeness (QED) is 0.780. The molecule has 0 radical (unpaired) electrons. The maximum absolute atomic E-state index is 12.9. The number of carbonyl (C=O) groups is 1. The molecule has 0 amide bonds. The number of carbonyl (C=O) groups excluding carboxylic acids is 1. The van der Waals surface area contributed by atoms with Crippen LogP contribution in [0.3, 0.4) is 0 Å². The summed E-state index contributed by atoms with van der Waals surface area (Å²) in [5, 5.41) is 3.32. The van der Waals surface area contributed by atoms with Gasteiger partial charge in [0, 0.05) is 6.97 Å². The highest BCUT2D eigenvalue weighted by molar-refractivity contribution is 5.76. The number of hydrogen-bond acceptors (Lipinski definition) is 3. The van der Waals surface area contributed by atoms with Crippen LogP contribution in [-0.4, -0.2) is 24.2 Å². The third-order valence-corrected chi connectivity index (χ3v) is 3.37. The third kappa shape index (κ3) is 5.29. The van der Waals surface area contributed by atoms with E-state index in [0.29, 0.717) is 13.0 Å². The Morgan fingerprint density at radius 1 is 1.35 bits per heavy atom. The van der Waals surface area contributed by atoms with E-state index in [1.165, 1.54) is 12.1 Å². The predicted molar refractivity (Wildman–Crippen MR) is 80.1 cm³/mol. The number of rotatable bonds is 7. The zero-order valence-electron chi connectivity index (χ0n) is 12.7. The van der Waals surface area contributed by atoms with E-state index in [-0.39, 0.29) is 18.8 Å². The molecular formula is C16H26FNO2. The van der Waals surface area contributed by atoms with Crippen molar-refractivity contribution in [2.24, 2.45) is 0 Å². The number of nitrogens with one attached hydrogen (secondary N) is 1. The Bertz CT molecular complexity index is 434. The number of ether oxygens (including phenoxy) is 1. The van der Waals surface area contributed by atoms with Gasteiger partial charge >= 0.3 is 5.97 Å². The van der Waals surface area contributed by atoms with Crippen molar-refractivity contribution < 1.29 is 15.3 Å². The molecule has 0 saturated carbocycles. The molecule has 1 rings (SSSR count). The van der Waals surface area contributed by atoms with E-state index in [9.17, 15) is 9.18 Å². The minimum atomic E-state index is -0.421. The van der Waals surface area contributed by atoms with E-state index in [4.69, 9.17) is 4.74 Å². The summed E-state index contributed by atoms with van der Waals surface area (Å²) in [7, 11) is 0. The summed E-state index contributed by atoms with van der Waals surface area (Å²) < 4.78 is 18.0. The molecule has 1 atom stereocenters. The van der Waals surface area contributed by atoms with E-state index in [0.717, 1.165) is 12.0 Å². The van der Waals surface area contributed by atoms with Crippen LogP contribution in [0.4, 0.5) is 4.39 Å². The fraction of sp³-hybridized carbons (Fsp3) is 0.562. The molecular weight excluding hydrogens is 257 g/mol.